The first-order chi connectivity index (χ1) is 10.1. The molecule has 2 heteroatoms. The number of nitrogens with one attached hydrogen (secondary N) is 1. The molecule has 3 rings (SSSR count). The molecular weight excluding hydrogens is 258 g/mol. The molecule has 21 heavy (non-hydrogen) atoms. The summed E-state index contributed by atoms with van der Waals surface area (Å²) in [5, 5.41) is 1.01. The number of H-pyrrole nitrogens is 1. The van der Waals surface area contributed by atoms with Crippen LogP contribution in [0, 0.1) is 6.92 Å². The molecule has 3 aromatic rings. The topological polar surface area (TPSA) is 32.9 Å². The molecule has 2 nitrogen and oxygen atoms in total. The molecule has 0 saturated carbocycles. The van der Waals surface area contributed by atoms with Gasteiger partial charge in [0, 0.05) is 16.5 Å². The second-order valence-corrected chi connectivity index (χ2v) is 5.86. The van der Waals surface area contributed by atoms with Gasteiger partial charge in [-0.15, -0.1) is 0 Å². The van der Waals surface area contributed by atoms with Gasteiger partial charge in [-0.3, -0.25) is 4.79 Å². The van der Waals surface area contributed by atoms with Crippen LogP contribution < -0.4 is 0 Å². The number of carbonyl (C=O) groups is 1. The largest absolute Gasteiger partial charge is 0.354 e. The lowest BCUT2D eigenvalue weighted by Gasteiger charge is -2.04. The van der Waals surface area contributed by atoms with Gasteiger partial charge in [0.05, 0.1) is 5.69 Å². The third-order valence-electron chi connectivity index (χ3n) is 3.95. The molecule has 0 aliphatic carbocycles. The van der Waals surface area contributed by atoms with E-state index in [0.29, 0.717) is 5.92 Å². The van der Waals surface area contributed by atoms with Crippen molar-refractivity contribution in [1.82, 2.24) is 4.98 Å². The predicted octanol–water partition coefficient (Wildman–Crippen LogP) is 5.08. The molecule has 0 aliphatic heterocycles. The van der Waals surface area contributed by atoms with Crippen LogP contribution in [0.3, 0.4) is 0 Å². The summed E-state index contributed by atoms with van der Waals surface area (Å²) in [5.41, 5.74) is 6.16. The van der Waals surface area contributed by atoms with Crippen molar-refractivity contribution in [3.63, 3.8) is 0 Å². The Kier molecular flexibility index (Phi) is 3.38. The second-order valence-electron chi connectivity index (χ2n) is 5.86. The number of carbonyl (C=O) groups excluding carboxylic acids is 1. The maximum absolute atomic E-state index is 11.6. The summed E-state index contributed by atoms with van der Waals surface area (Å²) in [6.45, 7) is 6.38. The number of hydrogen-bond acceptors (Lipinski definition) is 1. The van der Waals surface area contributed by atoms with Crippen molar-refractivity contribution < 1.29 is 4.79 Å². The minimum atomic E-state index is 0.450. The molecule has 0 radical (unpaired) electrons. The number of aromatic amines is 1. The first kappa shape index (κ1) is 13.6. The number of benzene rings is 2. The van der Waals surface area contributed by atoms with Gasteiger partial charge in [-0.05, 0) is 42.2 Å². The molecule has 0 bridgehead atoms. The van der Waals surface area contributed by atoms with Crippen molar-refractivity contribution in [2.45, 2.75) is 26.7 Å². The highest BCUT2D eigenvalue weighted by Crippen LogP contribution is 2.31. The Morgan fingerprint density at radius 1 is 1.10 bits per heavy atom. The lowest BCUT2D eigenvalue weighted by molar-refractivity contribution is 0.112. The van der Waals surface area contributed by atoms with Gasteiger partial charge < -0.3 is 4.98 Å². The van der Waals surface area contributed by atoms with E-state index in [0.717, 1.165) is 34.0 Å². The Balaban J connectivity index is 2.26. The van der Waals surface area contributed by atoms with Crippen LogP contribution in [0.15, 0.2) is 42.5 Å². The molecular formula is C19H19NO. The summed E-state index contributed by atoms with van der Waals surface area (Å²) in [6, 6.07) is 14.5. The first-order valence-corrected chi connectivity index (χ1v) is 7.28. The fourth-order valence-corrected chi connectivity index (χ4v) is 2.74. The summed E-state index contributed by atoms with van der Waals surface area (Å²) in [4.78, 5) is 15.0. The van der Waals surface area contributed by atoms with Crippen molar-refractivity contribution >= 4 is 17.2 Å². The minimum absolute atomic E-state index is 0.450. The number of aldehydes is 1. The molecule has 2 aromatic carbocycles. The minimum Gasteiger partial charge on any atom is -0.354 e. The summed E-state index contributed by atoms with van der Waals surface area (Å²) >= 11 is 0. The molecule has 0 spiro atoms. The van der Waals surface area contributed by atoms with Crippen molar-refractivity contribution in [3.05, 3.63) is 59.2 Å². The quantitative estimate of drug-likeness (QED) is 0.665. The fraction of sp³-hybridized carbons (Fsp3) is 0.211. The SMILES string of the molecule is Cc1cccc(-c2[nH]c3ccc(C(C)C)cc3c2C=O)c1. The van der Waals surface area contributed by atoms with E-state index in [1.165, 1.54) is 11.1 Å². The monoisotopic (exact) mass is 277 g/mol. The Labute approximate surface area is 124 Å². The third kappa shape index (κ3) is 2.38. The molecule has 0 atom stereocenters. The third-order valence-corrected chi connectivity index (χ3v) is 3.95. The number of hydrogen-bond donors (Lipinski definition) is 1. The average molecular weight is 277 g/mol. The predicted molar refractivity (Wildman–Crippen MR) is 87.9 cm³/mol. The van der Waals surface area contributed by atoms with Gasteiger partial charge in [-0.25, -0.2) is 0 Å². The van der Waals surface area contributed by atoms with Gasteiger partial charge >= 0.3 is 0 Å². The highest BCUT2D eigenvalue weighted by atomic mass is 16.1. The Hall–Kier alpha value is -2.35. The summed E-state index contributed by atoms with van der Waals surface area (Å²) in [5.74, 6) is 0.450. The van der Waals surface area contributed by atoms with Crippen LogP contribution in [0.4, 0.5) is 0 Å². The van der Waals surface area contributed by atoms with Crippen LogP contribution in [0.5, 0.6) is 0 Å². The normalized spacial score (nSPS) is 11.2. The summed E-state index contributed by atoms with van der Waals surface area (Å²) < 4.78 is 0. The zero-order valence-electron chi connectivity index (χ0n) is 12.6. The van der Waals surface area contributed by atoms with E-state index < -0.39 is 0 Å². The smallest absolute Gasteiger partial charge is 0.152 e. The van der Waals surface area contributed by atoms with E-state index in [-0.39, 0.29) is 0 Å². The van der Waals surface area contributed by atoms with E-state index in [1.54, 1.807) is 0 Å². The van der Waals surface area contributed by atoms with Crippen LogP contribution in [-0.4, -0.2) is 11.3 Å². The molecule has 106 valence electrons. The van der Waals surface area contributed by atoms with Crippen molar-refractivity contribution in [2.75, 3.05) is 0 Å². The zero-order valence-corrected chi connectivity index (χ0v) is 12.6. The van der Waals surface area contributed by atoms with Crippen LogP contribution in [-0.2, 0) is 0 Å². The number of fused-ring (bicyclic) bond motifs is 1. The lowest BCUT2D eigenvalue weighted by atomic mass is 9.99. The summed E-state index contributed by atoms with van der Waals surface area (Å²) in [7, 11) is 0. The van der Waals surface area contributed by atoms with Crippen LogP contribution in [0.1, 0.15) is 41.3 Å². The molecule has 0 aliphatic rings. The standard InChI is InChI=1S/C19H19NO/c1-12(2)14-7-8-18-16(10-14)17(11-21)19(20-18)15-6-4-5-13(3)9-15/h4-12,20H,1-3H3. The van der Waals surface area contributed by atoms with Crippen molar-refractivity contribution in [3.8, 4) is 11.3 Å². The van der Waals surface area contributed by atoms with Crippen molar-refractivity contribution in [1.29, 1.82) is 0 Å². The van der Waals surface area contributed by atoms with E-state index in [1.807, 2.05) is 12.1 Å². The average Bonchev–Trinajstić information content (AvgIpc) is 2.84. The second kappa shape index (κ2) is 5.21. The molecule has 0 saturated heterocycles. The highest BCUT2D eigenvalue weighted by molar-refractivity contribution is 6.04. The maximum atomic E-state index is 11.6. The van der Waals surface area contributed by atoms with Crippen molar-refractivity contribution in [2.24, 2.45) is 0 Å². The first-order valence-electron chi connectivity index (χ1n) is 7.28. The number of aromatic nitrogens is 1. The number of rotatable bonds is 3. The van der Waals surface area contributed by atoms with E-state index in [4.69, 9.17) is 0 Å². The summed E-state index contributed by atoms with van der Waals surface area (Å²) in [6.07, 6.45) is 0.959. The molecule has 0 fully saturated rings. The molecule has 0 unspecified atom stereocenters. The molecule has 1 aromatic heterocycles. The van der Waals surface area contributed by atoms with Crippen LogP contribution in [0.2, 0.25) is 0 Å². The van der Waals surface area contributed by atoms with Crippen LogP contribution >= 0.6 is 0 Å². The Morgan fingerprint density at radius 2 is 1.90 bits per heavy atom. The van der Waals surface area contributed by atoms with Crippen LogP contribution in [0.25, 0.3) is 22.2 Å². The molecule has 1 heterocycles. The van der Waals surface area contributed by atoms with E-state index in [2.05, 4.69) is 56.1 Å². The molecule has 0 amide bonds. The highest BCUT2D eigenvalue weighted by Gasteiger charge is 2.13. The van der Waals surface area contributed by atoms with Gasteiger partial charge in [0.2, 0.25) is 0 Å². The zero-order chi connectivity index (χ0) is 15.0. The maximum Gasteiger partial charge on any atom is 0.152 e. The van der Waals surface area contributed by atoms with E-state index in [9.17, 15) is 4.79 Å². The van der Waals surface area contributed by atoms with Gasteiger partial charge in [0.15, 0.2) is 6.29 Å². The van der Waals surface area contributed by atoms with Gasteiger partial charge in [0.25, 0.3) is 0 Å². The Morgan fingerprint density at radius 3 is 2.57 bits per heavy atom. The van der Waals surface area contributed by atoms with Gasteiger partial charge in [-0.2, -0.15) is 0 Å². The van der Waals surface area contributed by atoms with E-state index >= 15 is 0 Å². The van der Waals surface area contributed by atoms with Gasteiger partial charge in [-0.1, -0.05) is 43.7 Å². The Bertz CT molecular complexity index is 812. The van der Waals surface area contributed by atoms with Gasteiger partial charge in [0.1, 0.15) is 0 Å². The fourth-order valence-electron chi connectivity index (χ4n) is 2.74. The number of aryl methyl sites for hydroxylation is 1. The molecule has 1 N–H and O–H groups in total. The lowest BCUT2D eigenvalue weighted by Crippen LogP contribution is -1.87.